The Balaban J connectivity index is 0.00000272. The van der Waals surface area contributed by atoms with E-state index in [4.69, 9.17) is 9.47 Å². The van der Waals surface area contributed by atoms with Crippen LogP contribution in [0.1, 0.15) is 22.3 Å². The minimum absolute atomic E-state index is 0. The van der Waals surface area contributed by atoms with Crippen LogP contribution in [0.2, 0.25) is 0 Å². The topological polar surface area (TPSA) is 21.5 Å². The predicted molar refractivity (Wildman–Crippen MR) is 108 cm³/mol. The van der Waals surface area contributed by atoms with Gasteiger partial charge in [-0.3, -0.25) is 0 Å². The number of fused-ring (bicyclic) bond motifs is 1. The molecule has 3 aromatic rings. The molecule has 162 valence electrons. The molecule has 1 aliphatic heterocycles. The van der Waals surface area contributed by atoms with Crippen molar-refractivity contribution in [3.63, 3.8) is 0 Å². The van der Waals surface area contributed by atoms with Crippen LogP contribution in [0.3, 0.4) is 0 Å². The molecule has 1 heterocycles. The Morgan fingerprint density at radius 3 is 2.19 bits per heavy atom. The average molecular weight is 448 g/mol. The van der Waals surface area contributed by atoms with E-state index < -0.39 is 11.6 Å². The molecule has 7 heteroatoms. The third-order valence-electron chi connectivity index (χ3n) is 5.32. The molecule has 0 fully saturated rings. The highest BCUT2D eigenvalue weighted by Crippen LogP contribution is 2.34. The highest BCUT2D eigenvalue weighted by atomic mass is 35.5. The molecule has 4 rings (SSSR count). The van der Waals surface area contributed by atoms with Gasteiger partial charge >= 0.3 is 0 Å². The van der Waals surface area contributed by atoms with E-state index in [-0.39, 0.29) is 18.2 Å². The number of nitrogens with zero attached hydrogens (tertiary/aromatic N) is 1. The lowest BCUT2D eigenvalue weighted by atomic mass is 9.91. The van der Waals surface area contributed by atoms with Crippen LogP contribution < -0.4 is 21.9 Å². The fourth-order valence-electron chi connectivity index (χ4n) is 3.87. The van der Waals surface area contributed by atoms with Gasteiger partial charge in [-0.15, -0.1) is 0 Å². The van der Waals surface area contributed by atoms with Crippen LogP contribution in [0.5, 0.6) is 11.5 Å². The second kappa shape index (κ2) is 9.43. The largest absolute Gasteiger partial charge is 1.00 e. The van der Waals surface area contributed by atoms with Gasteiger partial charge < -0.3 is 21.9 Å². The zero-order valence-corrected chi connectivity index (χ0v) is 17.8. The molecule has 0 N–H and O–H groups in total. The molecule has 0 radical (unpaired) electrons. The molecule has 0 saturated carbocycles. The summed E-state index contributed by atoms with van der Waals surface area (Å²) < 4.78 is 54.8. The molecule has 0 aliphatic carbocycles. The summed E-state index contributed by atoms with van der Waals surface area (Å²) in [6.07, 6.45) is 0.692. The molecular formula is C24H21ClF3NO2. The van der Waals surface area contributed by atoms with Gasteiger partial charge in [0.2, 0.25) is 5.71 Å². The maximum Gasteiger partial charge on any atom is 0.218 e. The van der Waals surface area contributed by atoms with Crippen molar-refractivity contribution in [1.29, 1.82) is 0 Å². The molecule has 1 aliphatic rings. The van der Waals surface area contributed by atoms with Gasteiger partial charge in [0.1, 0.15) is 12.4 Å². The van der Waals surface area contributed by atoms with E-state index in [0.717, 1.165) is 17.2 Å². The molecule has 3 nitrogen and oxygen atoms in total. The standard InChI is InChI=1S/C24H21F3NO2.ClH/c1-29-22-12-16-9-10-28(14-15-7-8-20(26)21(27)11-15)24(18(16)13-23(22)30-2)17-5-3-4-6-19(17)25;/h3-8,11-13H,9-10,14H2,1-2H3;1H/q+1;/p-1. The van der Waals surface area contributed by atoms with Gasteiger partial charge in [0.15, 0.2) is 29.7 Å². The maximum absolute atomic E-state index is 14.8. The molecule has 0 atom stereocenters. The van der Waals surface area contributed by atoms with Crippen LogP contribution in [-0.4, -0.2) is 31.1 Å². The lowest BCUT2D eigenvalue weighted by Gasteiger charge is -2.21. The monoisotopic (exact) mass is 447 g/mol. The molecule has 0 amide bonds. The van der Waals surface area contributed by atoms with E-state index in [1.165, 1.54) is 12.1 Å². The third-order valence-corrected chi connectivity index (χ3v) is 5.32. The summed E-state index contributed by atoms with van der Waals surface area (Å²) in [7, 11) is 3.12. The molecule has 0 aromatic heterocycles. The number of hydrogen-bond acceptors (Lipinski definition) is 2. The Hall–Kier alpha value is -2.99. The van der Waals surface area contributed by atoms with E-state index in [1.807, 2.05) is 16.7 Å². The van der Waals surface area contributed by atoms with Crippen molar-refractivity contribution in [3.05, 3.63) is 94.3 Å². The maximum atomic E-state index is 14.8. The van der Waals surface area contributed by atoms with Crippen molar-refractivity contribution < 1.29 is 39.6 Å². The Kier molecular flexibility index (Phi) is 6.91. The number of rotatable bonds is 5. The van der Waals surface area contributed by atoms with Crippen LogP contribution >= 0.6 is 0 Å². The predicted octanol–water partition coefficient (Wildman–Crippen LogP) is 1.73. The van der Waals surface area contributed by atoms with Crippen molar-refractivity contribution >= 4 is 5.71 Å². The summed E-state index contributed by atoms with van der Waals surface area (Å²) in [4.78, 5) is 0. The van der Waals surface area contributed by atoms with Gasteiger partial charge in [-0.25, -0.2) is 17.7 Å². The number of hydrogen-bond donors (Lipinski definition) is 0. The van der Waals surface area contributed by atoms with Crippen LogP contribution in [-0.2, 0) is 13.0 Å². The molecule has 0 saturated heterocycles. The number of benzene rings is 3. The van der Waals surface area contributed by atoms with Crippen molar-refractivity contribution in [1.82, 2.24) is 0 Å². The van der Waals surface area contributed by atoms with Crippen molar-refractivity contribution in [2.45, 2.75) is 13.0 Å². The summed E-state index contributed by atoms with van der Waals surface area (Å²) in [5, 5.41) is 0. The number of halogens is 4. The molecule has 31 heavy (non-hydrogen) atoms. The zero-order valence-electron chi connectivity index (χ0n) is 17.1. The van der Waals surface area contributed by atoms with Crippen molar-refractivity contribution in [2.24, 2.45) is 0 Å². The summed E-state index contributed by atoms with van der Waals surface area (Å²) in [6, 6.07) is 14.1. The Morgan fingerprint density at radius 2 is 1.52 bits per heavy atom. The quantitative estimate of drug-likeness (QED) is 0.556. The fourth-order valence-corrected chi connectivity index (χ4v) is 3.87. The first kappa shape index (κ1) is 22.7. The van der Waals surface area contributed by atoms with Crippen LogP contribution in [0.15, 0.2) is 54.6 Å². The number of ether oxygens (including phenoxy) is 2. The fraction of sp³-hybridized carbons (Fsp3) is 0.208. The summed E-state index contributed by atoms with van der Waals surface area (Å²) in [5.41, 5.74) is 3.55. The molecule has 0 unspecified atom stereocenters. The van der Waals surface area contributed by atoms with Gasteiger partial charge in [0, 0.05) is 12.0 Å². The Labute approximate surface area is 185 Å². The first-order valence-corrected chi connectivity index (χ1v) is 9.57. The van der Waals surface area contributed by atoms with Crippen LogP contribution in [0.4, 0.5) is 13.2 Å². The first-order chi connectivity index (χ1) is 14.5. The third kappa shape index (κ3) is 4.39. The van der Waals surface area contributed by atoms with Gasteiger partial charge in [0.05, 0.1) is 25.3 Å². The number of methoxy groups -OCH3 is 2. The molecule has 0 bridgehead atoms. The average Bonchev–Trinajstić information content (AvgIpc) is 2.76. The highest BCUT2D eigenvalue weighted by molar-refractivity contribution is 6.11. The van der Waals surface area contributed by atoms with Gasteiger partial charge in [-0.2, -0.15) is 0 Å². The minimum Gasteiger partial charge on any atom is -1.00 e. The second-order valence-electron chi connectivity index (χ2n) is 7.11. The van der Waals surface area contributed by atoms with E-state index in [0.29, 0.717) is 47.8 Å². The zero-order chi connectivity index (χ0) is 21.3. The summed E-state index contributed by atoms with van der Waals surface area (Å²) >= 11 is 0. The SMILES string of the molecule is COc1cc2c(cc1OC)C(c1ccccc1F)=[N+](Cc1ccc(F)c(F)c1)CC2.[Cl-]. The lowest BCUT2D eigenvalue weighted by molar-refractivity contribution is -0.544. The molecular weight excluding hydrogens is 427 g/mol. The van der Waals surface area contributed by atoms with E-state index >= 15 is 0 Å². The van der Waals surface area contributed by atoms with E-state index in [9.17, 15) is 13.2 Å². The van der Waals surface area contributed by atoms with E-state index in [2.05, 4.69) is 0 Å². The smallest absolute Gasteiger partial charge is 0.218 e. The van der Waals surface area contributed by atoms with E-state index in [1.54, 1.807) is 38.5 Å². The summed E-state index contributed by atoms with van der Waals surface area (Å²) in [5.74, 6) is -0.995. The van der Waals surface area contributed by atoms with Gasteiger partial charge in [0.25, 0.3) is 0 Å². The van der Waals surface area contributed by atoms with Gasteiger partial charge in [-0.05, 0) is 48.0 Å². The Bertz CT molecular complexity index is 1150. The van der Waals surface area contributed by atoms with Gasteiger partial charge in [-0.1, -0.05) is 12.1 Å². The van der Waals surface area contributed by atoms with Crippen LogP contribution in [0.25, 0.3) is 0 Å². The molecule has 0 spiro atoms. The first-order valence-electron chi connectivity index (χ1n) is 9.57. The lowest BCUT2D eigenvalue weighted by Crippen LogP contribution is -3.00. The summed E-state index contributed by atoms with van der Waals surface area (Å²) in [6.45, 7) is 0.903. The minimum atomic E-state index is -0.899. The molecule has 3 aromatic carbocycles. The Morgan fingerprint density at radius 1 is 0.806 bits per heavy atom. The normalized spacial score (nSPS) is 12.8. The highest BCUT2D eigenvalue weighted by Gasteiger charge is 2.31. The second-order valence-corrected chi connectivity index (χ2v) is 7.11. The van der Waals surface area contributed by atoms with Crippen molar-refractivity contribution in [3.8, 4) is 11.5 Å². The van der Waals surface area contributed by atoms with Crippen molar-refractivity contribution in [2.75, 3.05) is 20.8 Å². The van der Waals surface area contributed by atoms with Crippen LogP contribution in [0, 0.1) is 17.5 Å².